The molecular formula is C22H21N5O2. The summed E-state index contributed by atoms with van der Waals surface area (Å²) in [4.78, 5) is 24.0. The lowest BCUT2D eigenvalue weighted by Crippen LogP contribution is -2.31. The smallest absolute Gasteiger partial charge is 0.274 e. The number of carbonyl (C=O) groups excluding carboxylic acids is 1. The molecule has 0 saturated carbocycles. The number of amides is 1. The Balaban J connectivity index is 1.49. The number of nitrogens with zero attached hydrogens (tertiary/aromatic N) is 5. The molecule has 29 heavy (non-hydrogen) atoms. The predicted molar refractivity (Wildman–Crippen MR) is 107 cm³/mol. The monoisotopic (exact) mass is 387 g/mol. The van der Waals surface area contributed by atoms with E-state index in [-0.39, 0.29) is 5.91 Å². The highest BCUT2D eigenvalue weighted by atomic mass is 16.3. The maximum Gasteiger partial charge on any atom is 0.274 e. The topological polar surface area (TPSA) is 77.0 Å². The molecule has 5 rings (SSSR count). The molecule has 4 aromatic rings. The third kappa shape index (κ3) is 3.29. The number of benzene rings is 1. The van der Waals surface area contributed by atoms with Gasteiger partial charge >= 0.3 is 0 Å². The van der Waals surface area contributed by atoms with Crippen LogP contribution in [0.15, 0.2) is 53.3 Å². The molecule has 0 saturated heterocycles. The Labute approximate surface area is 168 Å². The molecule has 0 spiro atoms. The van der Waals surface area contributed by atoms with Crippen molar-refractivity contribution in [3.63, 3.8) is 0 Å². The minimum atomic E-state index is -0.183. The van der Waals surface area contributed by atoms with E-state index in [1.54, 1.807) is 17.4 Å². The summed E-state index contributed by atoms with van der Waals surface area (Å²) in [6, 6.07) is 11.2. The molecule has 0 unspecified atom stereocenters. The van der Waals surface area contributed by atoms with Gasteiger partial charge in [0, 0.05) is 12.7 Å². The van der Waals surface area contributed by atoms with Crippen molar-refractivity contribution in [2.45, 2.75) is 32.4 Å². The highest BCUT2D eigenvalue weighted by molar-refractivity contribution is 5.93. The first-order chi connectivity index (χ1) is 14.2. The van der Waals surface area contributed by atoms with Crippen LogP contribution in [0.4, 0.5) is 0 Å². The van der Waals surface area contributed by atoms with Crippen LogP contribution in [0.5, 0.6) is 0 Å². The first-order valence-corrected chi connectivity index (χ1v) is 9.76. The summed E-state index contributed by atoms with van der Waals surface area (Å²) < 4.78 is 7.45. The van der Waals surface area contributed by atoms with Crippen LogP contribution in [0.3, 0.4) is 0 Å². The maximum absolute atomic E-state index is 13.4. The van der Waals surface area contributed by atoms with Crippen molar-refractivity contribution in [2.75, 3.05) is 0 Å². The second-order valence-corrected chi connectivity index (χ2v) is 7.33. The Bertz CT molecular complexity index is 1180. The molecule has 7 heteroatoms. The molecule has 1 aliphatic carbocycles. The summed E-state index contributed by atoms with van der Waals surface area (Å²) in [6.07, 6.45) is 6.35. The van der Waals surface area contributed by atoms with Crippen LogP contribution < -0.4 is 0 Å². The molecule has 7 nitrogen and oxygen atoms in total. The van der Waals surface area contributed by atoms with E-state index in [0.717, 1.165) is 36.2 Å². The number of fused-ring (bicyclic) bond motifs is 2. The molecule has 3 heterocycles. The quantitative estimate of drug-likeness (QED) is 0.525. The number of aromatic nitrogens is 4. The van der Waals surface area contributed by atoms with E-state index in [1.165, 1.54) is 11.3 Å². The number of carbonyl (C=O) groups is 1. The molecule has 0 aliphatic heterocycles. The van der Waals surface area contributed by atoms with Crippen molar-refractivity contribution in [3.05, 3.63) is 77.3 Å². The fourth-order valence-corrected chi connectivity index (χ4v) is 4.02. The van der Waals surface area contributed by atoms with Crippen LogP contribution >= 0.6 is 0 Å². The summed E-state index contributed by atoms with van der Waals surface area (Å²) in [5, 5.41) is 4.68. The fourth-order valence-electron chi connectivity index (χ4n) is 4.02. The van der Waals surface area contributed by atoms with E-state index in [0.29, 0.717) is 24.3 Å². The van der Waals surface area contributed by atoms with Crippen LogP contribution in [-0.4, -0.2) is 30.6 Å². The normalized spacial score (nSPS) is 13.0. The summed E-state index contributed by atoms with van der Waals surface area (Å²) in [6.45, 7) is 0.767. The number of furan rings is 1. The van der Waals surface area contributed by atoms with E-state index in [1.807, 2.05) is 48.1 Å². The van der Waals surface area contributed by atoms with Gasteiger partial charge in [0.25, 0.3) is 5.91 Å². The molecule has 3 aromatic heterocycles. The number of hydrogen-bond acceptors (Lipinski definition) is 5. The second kappa shape index (κ2) is 7.16. The maximum atomic E-state index is 13.4. The third-order valence-electron chi connectivity index (χ3n) is 5.42. The fraction of sp³-hybridized carbons (Fsp3) is 0.273. The summed E-state index contributed by atoms with van der Waals surface area (Å²) in [5.74, 6) is 0.539. The number of hydrogen-bond donors (Lipinski definition) is 0. The minimum absolute atomic E-state index is 0.183. The zero-order valence-electron chi connectivity index (χ0n) is 16.2. The molecule has 0 fully saturated rings. The van der Waals surface area contributed by atoms with E-state index in [2.05, 4.69) is 15.1 Å². The second-order valence-electron chi connectivity index (χ2n) is 7.33. The van der Waals surface area contributed by atoms with Gasteiger partial charge in [-0.25, -0.2) is 4.98 Å². The highest BCUT2D eigenvalue weighted by Crippen LogP contribution is 2.26. The van der Waals surface area contributed by atoms with Crippen LogP contribution in [0.25, 0.3) is 11.0 Å². The predicted octanol–water partition coefficient (Wildman–Crippen LogP) is 3.29. The molecular weight excluding hydrogens is 366 g/mol. The SMILES string of the molecule is Cn1nc(CN(Cc2ccco2)C(=O)c2cnc3ccccc3n2)c2c1CCC2. The molecule has 1 amide bonds. The molecule has 1 aliphatic rings. The summed E-state index contributed by atoms with van der Waals surface area (Å²) >= 11 is 0. The van der Waals surface area contributed by atoms with Gasteiger partial charge in [-0.3, -0.25) is 14.5 Å². The lowest BCUT2D eigenvalue weighted by molar-refractivity contribution is 0.0708. The van der Waals surface area contributed by atoms with Crippen LogP contribution in [0.1, 0.15) is 39.6 Å². The van der Waals surface area contributed by atoms with Crippen molar-refractivity contribution >= 4 is 16.9 Å². The van der Waals surface area contributed by atoms with Gasteiger partial charge < -0.3 is 9.32 Å². The molecule has 0 bridgehead atoms. The van der Waals surface area contributed by atoms with Crippen LogP contribution in [-0.2, 0) is 33.0 Å². The van der Waals surface area contributed by atoms with Gasteiger partial charge in [-0.2, -0.15) is 5.10 Å². The van der Waals surface area contributed by atoms with Gasteiger partial charge in [-0.1, -0.05) is 12.1 Å². The van der Waals surface area contributed by atoms with E-state index >= 15 is 0 Å². The Morgan fingerprint density at radius 3 is 2.83 bits per heavy atom. The van der Waals surface area contributed by atoms with Crippen LogP contribution in [0, 0.1) is 0 Å². The van der Waals surface area contributed by atoms with Crippen molar-refractivity contribution < 1.29 is 9.21 Å². The summed E-state index contributed by atoms with van der Waals surface area (Å²) in [5.41, 5.74) is 5.29. The Hall–Kier alpha value is -3.48. The minimum Gasteiger partial charge on any atom is -0.467 e. The van der Waals surface area contributed by atoms with Gasteiger partial charge in [-0.15, -0.1) is 0 Å². The number of para-hydroxylation sites is 2. The van der Waals surface area contributed by atoms with Crippen LogP contribution in [0.2, 0.25) is 0 Å². The highest BCUT2D eigenvalue weighted by Gasteiger charge is 2.26. The average Bonchev–Trinajstić information content (AvgIpc) is 3.48. The summed E-state index contributed by atoms with van der Waals surface area (Å²) in [7, 11) is 1.97. The Morgan fingerprint density at radius 2 is 2.00 bits per heavy atom. The lowest BCUT2D eigenvalue weighted by atomic mass is 10.2. The van der Waals surface area contributed by atoms with Gasteiger partial charge in [0.15, 0.2) is 0 Å². The van der Waals surface area contributed by atoms with Crippen molar-refractivity contribution in [2.24, 2.45) is 7.05 Å². The molecule has 1 aromatic carbocycles. The van der Waals surface area contributed by atoms with E-state index < -0.39 is 0 Å². The zero-order chi connectivity index (χ0) is 19.8. The molecule has 146 valence electrons. The average molecular weight is 387 g/mol. The first-order valence-electron chi connectivity index (χ1n) is 9.76. The largest absolute Gasteiger partial charge is 0.467 e. The van der Waals surface area contributed by atoms with Gasteiger partial charge in [0.1, 0.15) is 11.5 Å². The molecule has 0 atom stereocenters. The van der Waals surface area contributed by atoms with E-state index in [9.17, 15) is 4.79 Å². The first kappa shape index (κ1) is 17.6. The Kier molecular flexibility index (Phi) is 4.35. The number of aryl methyl sites for hydroxylation is 1. The van der Waals surface area contributed by atoms with Crippen molar-refractivity contribution in [1.82, 2.24) is 24.6 Å². The van der Waals surface area contributed by atoms with Gasteiger partial charge in [0.2, 0.25) is 0 Å². The molecule has 0 radical (unpaired) electrons. The third-order valence-corrected chi connectivity index (χ3v) is 5.42. The van der Waals surface area contributed by atoms with Gasteiger partial charge in [-0.05, 0) is 49.1 Å². The van der Waals surface area contributed by atoms with Gasteiger partial charge in [0.05, 0.1) is 42.3 Å². The van der Waals surface area contributed by atoms with Crippen molar-refractivity contribution in [1.29, 1.82) is 0 Å². The van der Waals surface area contributed by atoms with Crippen molar-refractivity contribution in [3.8, 4) is 0 Å². The Morgan fingerprint density at radius 1 is 1.14 bits per heavy atom. The molecule has 0 N–H and O–H groups in total. The van der Waals surface area contributed by atoms with E-state index in [4.69, 9.17) is 4.42 Å². The standard InChI is InChI=1S/C22H21N5O2/c1-26-21-10-4-7-16(21)20(25-26)14-27(13-15-6-5-11-29-15)22(28)19-12-23-17-8-2-3-9-18(17)24-19/h2-3,5-6,8-9,11-12H,4,7,10,13-14H2,1H3. The lowest BCUT2D eigenvalue weighted by Gasteiger charge is -2.21. The number of rotatable bonds is 5. The zero-order valence-corrected chi connectivity index (χ0v) is 16.2.